The highest BCUT2D eigenvalue weighted by Crippen LogP contribution is 2.39. The van der Waals surface area contributed by atoms with Crippen LogP contribution in [0.4, 0.5) is 0 Å². The van der Waals surface area contributed by atoms with Crippen LogP contribution in [-0.4, -0.2) is 30.1 Å². The molecule has 2 bridgehead atoms. The SMILES string of the molecule is C=CCC(CC=C)C1C(OCc2ccccc2)C2CCN1CC2. The van der Waals surface area contributed by atoms with Crippen LogP contribution in [0.25, 0.3) is 0 Å². The minimum Gasteiger partial charge on any atom is -0.372 e. The molecule has 1 aromatic carbocycles. The van der Waals surface area contributed by atoms with E-state index in [-0.39, 0.29) is 0 Å². The molecule has 3 aliphatic rings. The van der Waals surface area contributed by atoms with Gasteiger partial charge in [0.15, 0.2) is 0 Å². The molecule has 2 nitrogen and oxygen atoms in total. The predicted octanol–water partition coefficient (Wildman–Crippen LogP) is 4.43. The second-order valence-electron chi connectivity index (χ2n) is 6.93. The van der Waals surface area contributed by atoms with E-state index in [0.717, 1.165) is 19.4 Å². The molecule has 0 radical (unpaired) electrons. The van der Waals surface area contributed by atoms with Gasteiger partial charge in [0, 0.05) is 6.04 Å². The zero-order valence-corrected chi connectivity index (χ0v) is 14.1. The van der Waals surface area contributed by atoms with Crippen LogP contribution in [0, 0.1) is 11.8 Å². The molecule has 3 aliphatic heterocycles. The standard InChI is InChI=1S/C21H29NO/c1-3-8-18(9-4-2)20-21(19-12-14-22(20)15-13-19)23-16-17-10-6-5-7-11-17/h3-7,10-11,18-21H,1-2,8-9,12-16H2. The van der Waals surface area contributed by atoms with Crippen molar-refractivity contribution in [1.82, 2.24) is 4.90 Å². The molecule has 1 aromatic rings. The molecular formula is C21H29NO. The van der Waals surface area contributed by atoms with E-state index in [1.807, 2.05) is 0 Å². The Kier molecular flexibility index (Phi) is 5.69. The zero-order chi connectivity index (χ0) is 16.1. The number of allylic oxidation sites excluding steroid dienone is 2. The topological polar surface area (TPSA) is 12.5 Å². The summed E-state index contributed by atoms with van der Waals surface area (Å²) in [6.45, 7) is 11.1. The lowest BCUT2D eigenvalue weighted by Crippen LogP contribution is -2.61. The average Bonchev–Trinajstić information content (AvgIpc) is 2.61. The first kappa shape index (κ1) is 16.5. The first-order valence-electron chi connectivity index (χ1n) is 8.95. The Bertz CT molecular complexity index is 494. The van der Waals surface area contributed by atoms with Crippen LogP contribution < -0.4 is 0 Å². The summed E-state index contributed by atoms with van der Waals surface area (Å²) in [6.07, 6.45) is 9.13. The molecule has 3 saturated heterocycles. The number of hydrogen-bond donors (Lipinski definition) is 0. The summed E-state index contributed by atoms with van der Waals surface area (Å²) < 4.78 is 6.48. The maximum Gasteiger partial charge on any atom is 0.0766 e. The van der Waals surface area contributed by atoms with Crippen molar-refractivity contribution in [3.05, 3.63) is 61.2 Å². The molecule has 124 valence electrons. The number of nitrogens with zero attached hydrogens (tertiary/aromatic N) is 1. The minimum atomic E-state index is 0.350. The maximum atomic E-state index is 6.48. The van der Waals surface area contributed by atoms with Gasteiger partial charge >= 0.3 is 0 Å². The lowest BCUT2D eigenvalue weighted by Gasteiger charge is -2.53. The number of piperidine rings is 3. The largest absolute Gasteiger partial charge is 0.372 e. The van der Waals surface area contributed by atoms with Crippen molar-refractivity contribution in [2.45, 2.75) is 44.4 Å². The van der Waals surface area contributed by atoms with Gasteiger partial charge in [-0.15, -0.1) is 13.2 Å². The Hall–Kier alpha value is -1.38. The number of ether oxygens (including phenoxy) is 1. The second kappa shape index (κ2) is 7.94. The van der Waals surface area contributed by atoms with Crippen LogP contribution in [-0.2, 0) is 11.3 Å². The van der Waals surface area contributed by atoms with Crippen LogP contribution in [0.2, 0.25) is 0 Å². The first-order chi connectivity index (χ1) is 11.3. The Balaban J connectivity index is 1.73. The molecule has 23 heavy (non-hydrogen) atoms. The Morgan fingerprint density at radius 3 is 2.35 bits per heavy atom. The summed E-state index contributed by atoms with van der Waals surface area (Å²) in [6, 6.07) is 11.1. The van der Waals surface area contributed by atoms with Crippen LogP contribution in [0.1, 0.15) is 31.2 Å². The number of benzene rings is 1. The molecule has 0 spiro atoms. The Morgan fingerprint density at radius 2 is 1.74 bits per heavy atom. The van der Waals surface area contributed by atoms with Gasteiger partial charge in [-0.25, -0.2) is 0 Å². The minimum absolute atomic E-state index is 0.350. The second-order valence-corrected chi connectivity index (χ2v) is 6.93. The first-order valence-corrected chi connectivity index (χ1v) is 8.95. The smallest absolute Gasteiger partial charge is 0.0766 e. The third kappa shape index (κ3) is 3.76. The average molecular weight is 311 g/mol. The summed E-state index contributed by atoms with van der Waals surface area (Å²) >= 11 is 0. The van der Waals surface area contributed by atoms with Crippen LogP contribution in [0.5, 0.6) is 0 Å². The number of rotatable bonds is 8. The lowest BCUT2D eigenvalue weighted by molar-refractivity contribution is -0.131. The van der Waals surface area contributed by atoms with E-state index in [1.54, 1.807) is 0 Å². The Labute approximate surface area is 140 Å². The van der Waals surface area contributed by atoms with Gasteiger partial charge in [0.2, 0.25) is 0 Å². The van der Waals surface area contributed by atoms with Crippen LogP contribution in [0.15, 0.2) is 55.6 Å². The fourth-order valence-electron chi connectivity index (χ4n) is 4.40. The van der Waals surface area contributed by atoms with Gasteiger partial charge in [0.25, 0.3) is 0 Å². The molecule has 0 N–H and O–H groups in total. The number of hydrogen-bond acceptors (Lipinski definition) is 2. The molecule has 0 amide bonds. The molecule has 0 saturated carbocycles. The molecule has 2 unspecified atom stereocenters. The van der Waals surface area contributed by atoms with Crippen LogP contribution in [0.3, 0.4) is 0 Å². The molecule has 0 aliphatic carbocycles. The van der Waals surface area contributed by atoms with E-state index >= 15 is 0 Å². The van der Waals surface area contributed by atoms with E-state index in [0.29, 0.717) is 24.0 Å². The van der Waals surface area contributed by atoms with E-state index in [1.165, 1.54) is 31.5 Å². The predicted molar refractivity (Wildman–Crippen MR) is 96.2 cm³/mol. The molecule has 3 heterocycles. The van der Waals surface area contributed by atoms with Gasteiger partial charge < -0.3 is 4.74 Å². The normalized spacial score (nSPS) is 29.6. The highest BCUT2D eigenvalue weighted by molar-refractivity contribution is 5.13. The van der Waals surface area contributed by atoms with Gasteiger partial charge in [-0.1, -0.05) is 42.5 Å². The van der Waals surface area contributed by atoms with E-state index in [9.17, 15) is 0 Å². The highest BCUT2D eigenvalue weighted by atomic mass is 16.5. The van der Waals surface area contributed by atoms with E-state index in [2.05, 4.69) is 60.5 Å². The van der Waals surface area contributed by atoms with Gasteiger partial charge in [0.1, 0.15) is 0 Å². The fourth-order valence-corrected chi connectivity index (χ4v) is 4.40. The third-order valence-corrected chi connectivity index (χ3v) is 5.50. The summed E-state index contributed by atoms with van der Waals surface area (Å²) in [7, 11) is 0. The van der Waals surface area contributed by atoms with Crippen molar-refractivity contribution < 1.29 is 4.74 Å². The van der Waals surface area contributed by atoms with Crippen molar-refractivity contribution in [3.8, 4) is 0 Å². The molecule has 3 fully saturated rings. The van der Waals surface area contributed by atoms with Crippen molar-refractivity contribution >= 4 is 0 Å². The molecule has 2 heteroatoms. The van der Waals surface area contributed by atoms with Crippen molar-refractivity contribution in [3.63, 3.8) is 0 Å². The van der Waals surface area contributed by atoms with Crippen molar-refractivity contribution in [2.75, 3.05) is 13.1 Å². The zero-order valence-electron chi connectivity index (χ0n) is 14.1. The fraction of sp³-hybridized carbons (Fsp3) is 0.524. The molecule has 2 atom stereocenters. The third-order valence-electron chi connectivity index (χ3n) is 5.50. The monoisotopic (exact) mass is 311 g/mol. The Morgan fingerprint density at radius 1 is 1.09 bits per heavy atom. The summed E-state index contributed by atoms with van der Waals surface area (Å²) in [5.41, 5.74) is 1.27. The summed E-state index contributed by atoms with van der Waals surface area (Å²) in [4.78, 5) is 2.66. The number of fused-ring (bicyclic) bond motifs is 3. The quantitative estimate of drug-likeness (QED) is 0.658. The molecule has 0 aromatic heterocycles. The van der Waals surface area contributed by atoms with Gasteiger partial charge in [-0.05, 0) is 56.2 Å². The maximum absolute atomic E-state index is 6.48. The summed E-state index contributed by atoms with van der Waals surface area (Å²) in [5.74, 6) is 1.29. The van der Waals surface area contributed by atoms with Gasteiger partial charge in [0.05, 0.1) is 12.7 Å². The van der Waals surface area contributed by atoms with Crippen molar-refractivity contribution in [1.29, 1.82) is 0 Å². The lowest BCUT2D eigenvalue weighted by atomic mass is 9.74. The van der Waals surface area contributed by atoms with Gasteiger partial charge in [-0.3, -0.25) is 4.90 Å². The molecule has 4 rings (SSSR count). The van der Waals surface area contributed by atoms with Crippen molar-refractivity contribution in [2.24, 2.45) is 11.8 Å². The summed E-state index contributed by atoms with van der Waals surface area (Å²) in [5, 5.41) is 0. The van der Waals surface area contributed by atoms with E-state index in [4.69, 9.17) is 4.74 Å². The molecular weight excluding hydrogens is 282 g/mol. The highest BCUT2D eigenvalue weighted by Gasteiger charge is 2.45. The van der Waals surface area contributed by atoms with E-state index < -0.39 is 0 Å². The van der Waals surface area contributed by atoms with Gasteiger partial charge in [-0.2, -0.15) is 0 Å². The van der Waals surface area contributed by atoms with Crippen LogP contribution >= 0.6 is 0 Å².